The van der Waals surface area contributed by atoms with Crippen LogP contribution in [0.1, 0.15) is 22.8 Å². The number of nitrogens with zero attached hydrogens (tertiary/aromatic N) is 1. The van der Waals surface area contributed by atoms with Crippen LogP contribution >= 0.6 is 12.2 Å². The lowest BCUT2D eigenvalue weighted by Crippen LogP contribution is -2.23. The third-order valence-corrected chi connectivity index (χ3v) is 5.44. The molecule has 4 rings (SSSR count). The molecular formula is C28H25N3O4S. The molecule has 0 spiro atoms. The molecule has 0 saturated carbocycles. The highest BCUT2D eigenvalue weighted by Gasteiger charge is 2.14. The zero-order chi connectivity index (χ0) is 25.3. The van der Waals surface area contributed by atoms with E-state index in [1.165, 1.54) is 0 Å². The molecule has 0 aliphatic carbocycles. The van der Waals surface area contributed by atoms with Gasteiger partial charge in [0.25, 0.3) is 0 Å². The van der Waals surface area contributed by atoms with E-state index in [9.17, 15) is 4.79 Å². The Morgan fingerprint density at radius 2 is 1.67 bits per heavy atom. The molecule has 0 bridgehead atoms. The van der Waals surface area contributed by atoms with E-state index in [0.717, 1.165) is 22.2 Å². The van der Waals surface area contributed by atoms with E-state index >= 15 is 0 Å². The fourth-order valence-corrected chi connectivity index (χ4v) is 3.67. The number of carbonyl (C=O) groups excluding carboxylic acids is 1. The number of hydrogen-bond donors (Lipinski definition) is 2. The zero-order valence-corrected chi connectivity index (χ0v) is 20.7. The molecule has 4 aromatic carbocycles. The highest BCUT2D eigenvalue weighted by molar-refractivity contribution is 7.80. The number of nitrogens with one attached hydrogen (secondary N) is 2. The predicted octanol–water partition coefficient (Wildman–Crippen LogP) is 5.79. The number of hydrogen-bond acceptors (Lipinski definition) is 6. The second kappa shape index (κ2) is 11.8. The third-order valence-electron chi connectivity index (χ3n) is 5.24. The number of fused-ring (bicyclic) bond motifs is 1. The van der Waals surface area contributed by atoms with E-state index in [2.05, 4.69) is 15.8 Å². The minimum Gasteiger partial charge on any atom is -0.497 e. The van der Waals surface area contributed by atoms with Crippen LogP contribution in [-0.4, -0.2) is 31.0 Å². The van der Waals surface area contributed by atoms with Gasteiger partial charge in [-0.25, -0.2) is 4.79 Å². The van der Waals surface area contributed by atoms with Crippen LogP contribution in [0.4, 0.5) is 5.69 Å². The molecule has 7 nitrogen and oxygen atoms in total. The number of hydrazone groups is 1. The third kappa shape index (κ3) is 6.17. The van der Waals surface area contributed by atoms with Crippen molar-refractivity contribution in [2.75, 3.05) is 19.0 Å². The summed E-state index contributed by atoms with van der Waals surface area (Å²) in [6.45, 7) is 2.46. The minimum atomic E-state index is -0.479. The minimum absolute atomic E-state index is 0.310. The molecule has 0 radical (unpaired) electrons. The van der Waals surface area contributed by atoms with Gasteiger partial charge in [-0.1, -0.05) is 30.3 Å². The number of methoxy groups -OCH3 is 1. The SMILES string of the molecule is CCOc1ccc(C(=O)Oc2ccc3ccccc3c2/C=N\NC(=S)Nc2ccc(OC)cc2)cc1. The second-order valence-corrected chi connectivity index (χ2v) is 8.01. The predicted molar refractivity (Wildman–Crippen MR) is 146 cm³/mol. The number of thiocarbonyl (C=S) groups is 1. The maximum absolute atomic E-state index is 12.8. The highest BCUT2D eigenvalue weighted by atomic mass is 32.1. The Hall–Kier alpha value is -4.43. The Labute approximate surface area is 214 Å². The highest BCUT2D eigenvalue weighted by Crippen LogP contribution is 2.27. The first-order valence-corrected chi connectivity index (χ1v) is 11.7. The van der Waals surface area contributed by atoms with Crippen molar-refractivity contribution in [3.05, 3.63) is 96.1 Å². The largest absolute Gasteiger partial charge is 0.497 e. The van der Waals surface area contributed by atoms with Gasteiger partial charge in [0.2, 0.25) is 0 Å². The number of esters is 1. The Morgan fingerprint density at radius 3 is 2.39 bits per heavy atom. The van der Waals surface area contributed by atoms with Crippen molar-refractivity contribution in [1.29, 1.82) is 0 Å². The van der Waals surface area contributed by atoms with Gasteiger partial charge in [0, 0.05) is 11.3 Å². The number of benzene rings is 4. The summed E-state index contributed by atoms with van der Waals surface area (Å²) in [7, 11) is 1.61. The Kier molecular flexibility index (Phi) is 8.10. The van der Waals surface area contributed by atoms with E-state index in [1.807, 2.05) is 61.5 Å². The first kappa shape index (κ1) is 24.7. The standard InChI is InChI=1S/C28H25N3O4S/c1-3-34-23-13-8-20(9-14-23)27(32)35-26-17-10-19-6-4-5-7-24(19)25(26)18-29-31-28(36)30-21-11-15-22(33-2)16-12-21/h4-18H,3H2,1-2H3,(H2,30,31,36)/b29-18-. The topological polar surface area (TPSA) is 81.2 Å². The maximum atomic E-state index is 12.8. The summed E-state index contributed by atoms with van der Waals surface area (Å²) in [5, 5.41) is 9.52. The van der Waals surface area contributed by atoms with Crippen molar-refractivity contribution in [3.8, 4) is 17.2 Å². The molecule has 0 aliphatic heterocycles. The molecule has 36 heavy (non-hydrogen) atoms. The van der Waals surface area contributed by atoms with Crippen LogP contribution in [0.25, 0.3) is 10.8 Å². The number of ether oxygens (including phenoxy) is 3. The van der Waals surface area contributed by atoms with Crippen molar-refractivity contribution in [2.45, 2.75) is 6.92 Å². The van der Waals surface area contributed by atoms with Gasteiger partial charge in [-0.15, -0.1) is 0 Å². The van der Waals surface area contributed by atoms with Crippen LogP contribution in [0.3, 0.4) is 0 Å². The zero-order valence-electron chi connectivity index (χ0n) is 19.9. The first-order valence-electron chi connectivity index (χ1n) is 11.3. The van der Waals surface area contributed by atoms with Gasteiger partial charge in [0.1, 0.15) is 17.2 Å². The average Bonchev–Trinajstić information content (AvgIpc) is 2.90. The van der Waals surface area contributed by atoms with Gasteiger partial charge in [-0.2, -0.15) is 5.10 Å². The molecule has 182 valence electrons. The Balaban J connectivity index is 1.51. The summed E-state index contributed by atoms with van der Waals surface area (Å²) in [6.07, 6.45) is 1.59. The fourth-order valence-electron chi connectivity index (χ4n) is 3.50. The molecule has 0 amide bonds. The lowest BCUT2D eigenvalue weighted by molar-refractivity contribution is 0.0734. The van der Waals surface area contributed by atoms with Gasteiger partial charge in [0.05, 0.1) is 25.5 Å². The average molecular weight is 500 g/mol. The van der Waals surface area contributed by atoms with Crippen LogP contribution in [-0.2, 0) is 0 Å². The first-order chi connectivity index (χ1) is 17.6. The molecule has 0 unspecified atom stereocenters. The molecule has 4 aromatic rings. The van der Waals surface area contributed by atoms with Gasteiger partial charge < -0.3 is 19.5 Å². The molecular weight excluding hydrogens is 474 g/mol. The molecule has 0 atom stereocenters. The summed E-state index contributed by atoms with van der Waals surface area (Å²) in [5.74, 6) is 1.35. The Bertz CT molecular complexity index is 1390. The van der Waals surface area contributed by atoms with Gasteiger partial charge in [-0.3, -0.25) is 5.43 Å². The van der Waals surface area contributed by atoms with Crippen molar-refractivity contribution >= 4 is 46.0 Å². The van der Waals surface area contributed by atoms with Crippen LogP contribution in [0.2, 0.25) is 0 Å². The van der Waals surface area contributed by atoms with Crippen LogP contribution < -0.4 is 25.0 Å². The fraction of sp³-hybridized carbons (Fsp3) is 0.107. The maximum Gasteiger partial charge on any atom is 0.343 e. The summed E-state index contributed by atoms with van der Waals surface area (Å²) in [5.41, 5.74) is 4.66. The molecule has 0 aromatic heterocycles. The normalized spacial score (nSPS) is 10.7. The quantitative estimate of drug-likeness (QED) is 0.104. The number of anilines is 1. The number of rotatable bonds is 8. The van der Waals surface area contributed by atoms with E-state index in [4.69, 9.17) is 26.4 Å². The van der Waals surface area contributed by atoms with Crippen molar-refractivity contribution in [2.24, 2.45) is 5.10 Å². The van der Waals surface area contributed by atoms with Crippen molar-refractivity contribution in [1.82, 2.24) is 5.43 Å². The number of carbonyl (C=O) groups is 1. The summed E-state index contributed by atoms with van der Waals surface area (Å²) in [6, 6.07) is 25.6. The van der Waals surface area contributed by atoms with E-state index in [1.54, 1.807) is 43.7 Å². The summed E-state index contributed by atoms with van der Waals surface area (Å²) < 4.78 is 16.4. The van der Waals surface area contributed by atoms with E-state index in [-0.39, 0.29) is 0 Å². The lowest BCUT2D eigenvalue weighted by atomic mass is 10.0. The molecule has 8 heteroatoms. The molecule has 0 heterocycles. The molecule has 0 saturated heterocycles. The van der Waals surface area contributed by atoms with Crippen LogP contribution in [0.5, 0.6) is 17.2 Å². The summed E-state index contributed by atoms with van der Waals surface area (Å²) >= 11 is 5.34. The monoisotopic (exact) mass is 499 g/mol. The Morgan fingerprint density at radius 1 is 0.944 bits per heavy atom. The van der Waals surface area contributed by atoms with Gasteiger partial charge in [-0.05, 0) is 84.5 Å². The van der Waals surface area contributed by atoms with Gasteiger partial charge in [0.15, 0.2) is 5.11 Å². The van der Waals surface area contributed by atoms with E-state index in [0.29, 0.717) is 34.3 Å². The van der Waals surface area contributed by atoms with Gasteiger partial charge >= 0.3 is 5.97 Å². The van der Waals surface area contributed by atoms with Crippen LogP contribution in [0.15, 0.2) is 90.0 Å². The summed E-state index contributed by atoms with van der Waals surface area (Å²) in [4.78, 5) is 12.8. The molecule has 0 aliphatic rings. The molecule has 2 N–H and O–H groups in total. The van der Waals surface area contributed by atoms with Crippen molar-refractivity contribution in [3.63, 3.8) is 0 Å². The van der Waals surface area contributed by atoms with Crippen LogP contribution in [0, 0.1) is 0 Å². The smallest absolute Gasteiger partial charge is 0.343 e. The van der Waals surface area contributed by atoms with Crippen molar-refractivity contribution < 1.29 is 19.0 Å². The van der Waals surface area contributed by atoms with E-state index < -0.39 is 5.97 Å². The molecule has 0 fully saturated rings. The second-order valence-electron chi connectivity index (χ2n) is 7.60. The lowest BCUT2D eigenvalue weighted by Gasteiger charge is -2.11.